The van der Waals surface area contributed by atoms with Crippen molar-refractivity contribution in [2.45, 2.75) is 19.4 Å². The van der Waals surface area contributed by atoms with E-state index in [4.69, 9.17) is 23.7 Å². The van der Waals surface area contributed by atoms with Crippen molar-refractivity contribution in [1.82, 2.24) is 0 Å². The molecular weight excluding hydrogens is 619 g/mol. The molecule has 3 aromatic carbocycles. The monoisotopic (exact) mass is 650 g/mol. The normalized spacial score (nSPS) is 10.1. The minimum absolute atomic E-state index is 0.00278. The van der Waals surface area contributed by atoms with Crippen molar-refractivity contribution in [3.63, 3.8) is 0 Å². The maximum absolute atomic E-state index is 16.0. The van der Waals surface area contributed by atoms with E-state index in [1.807, 2.05) is 12.1 Å². The van der Waals surface area contributed by atoms with Crippen LogP contribution >= 0.6 is 0 Å². The summed E-state index contributed by atoms with van der Waals surface area (Å²) in [4.78, 5) is 46.9. The molecule has 0 aliphatic heterocycles. The van der Waals surface area contributed by atoms with E-state index in [9.17, 15) is 19.2 Å². The lowest BCUT2D eigenvalue weighted by atomic mass is 10.1. The van der Waals surface area contributed by atoms with Crippen LogP contribution in [0.2, 0.25) is 0 Å². The van der Waals surface area contributed by atoms with E-state index in [1.165, 1.54) is 12.1 Å². The van der Waals surface area contributed by atoms with Crippen LogP contribution in [0.25, 0.3) is 6.08 Å². The third kappa shape index (κ3) is 11.2. The number of hydrogen-bond donors (Lipinski definition) is 0. The Kier molecular flexibility index (Phi) is 13.9. The van der Waals surface area contributed by atoms with Crippen LogP contribution in [0.4, 0.5) is 4.39 Å². The van der Waals surface area contributed by atoms with Gasteiger partial charge in [0.1, 0.15) is 18.1 Å². The molecule has 9 nitrogen and oxygen atoms in total. The second kappa shape index (κ2) is 18.5. The lowest BCUT2D eigenvalue weighted by Gasteiger charge is -2.13. The second-order valence-corrected chi connectivity index (χ2v) is 9.54. The summed E-state index contributed by atoms with van der Waals surface area (Å²) in [5.74, 6) is 1.19. The Morgan fingerprint density at radius 2 is 1.42 bits per heavy atom. The summed E-state index contributed by atoms with van der Waals surface area (Å²) < 4.78 is 42.1. The lowest BCUT2D eigenvalue weighted by Crippen LogP contribution is -2.10. The number of rotatable bonds is 15. The summed E-state index contributed by atoms with van der Waals surface area (Å²) in [5, 5.41) is 0. The van der Waals surface area contributed by atoms with Gasteiger partial charge in [0.15, 0.2) is 11.6 Å². The van der Waals surface area contributed by atoms with Crippen molar-refractivity contribution in [2.24, 2.45) is 0 Å². The van der Waals surface area contributed by atoms with Crippen molar-refractivity contribution in [3.05, 3.63) is 145 Å². The average Bonchev–Trinajstić information content (AvgIpc) is 3.10. The van der Waals surface area contributed by atoms with Gasteiger partial charge in [-0.1, -0.05) is 62.4 Å². The highest BCUT2D eigenvalue weighted by Crippen LogP contribution is 2.35. The first-order valence-electron chi connectivity index (χ1n) is 14.3. The number of esters is 4. The van der Waals surface area contributed by atoms with Gasteiger partial charge >= 0.3 is 23.9 Å². The Morgan fingerprint density at radius 3 is 2.10 bits per heavy atom. The molecule has 0 atom stereocenters. The summed E-state index contributed by atoms with van der Waals surface area (Å²) in [6, 6.07) is 14.9. The van der Waals surface area contributed by atoms with E-state index in [0.717, 1.165) is 36.1 Å². The fourth-order valence-electron chi connectivity index (χ4n) is 3.87. The standard InChI is InChI=1S/C38H31FO9/c1-5-33(40)45-21-10-12-26-14-16-27(17-15-26)18-19-29-24-32(47-35(42)7-3)31(37(39)38(29)48-36(43)8-4)20-22-44-25-28-11-9-13-30(23-28)46-34(41)6-2/h5-9,11,13-17,20,22-24H,1-4,10,12,21,25H2/b22-20+. The molecule has 0 saturated heterocycles. The summed E-state index contributed by atoms with van der Waals surface area (Å²) in [5.41, 5.74) is 1.79. The molecule has 0 fully saturated rings. The molecule has 0 bridgehead atoms. The number of ether oxygens (including phenoxy) is 5. The summed E-state index contributed by atoms with van der Waals surface area (Å²) >= 11 is 0. The molecule has 0 aliphatic rings. The van der Waals surface area contributed by atoms with Crippen LogP contribution in [-0.4, -0.2) is 30.5 Å². The van der Waals surface area contributed by atoms with Gasteiger partial charge in [0, 0.05) is 35.9 Å². The highest BCUT2D eigenvalue weighted by molar-refractivity contribution is 5.86. The zero-order chi connectivity index (χ0) is 34.9. The zero-order valence-corrected chi connectivity index (χ0v) is 25.9. The molecule has 0 heterocycles. The summed E-state index contributed by atoms with van der Waals surface area (Å²) in [6.07, 6.45) is 7.49. The van der Waals surface area contributed by atoms with Gasteiger partial charge in [0.2, 0.25) is 0 Å². The Bertz CT molecular complexity index is 1810. The second-order valence-electron chi connectivity index (χ2n) is 9.54. The summed E-state index contributed by atoms with van der Waals surface area (Å²) in [6.45, 7) is 13.7. The lowest BCUT2D eigenvalue weighted by molar-refractivity contribution is -0.138. The van der Waals surface area contributed by atoms with Crippen LogP contribution in [0.15, 0.2) is 111 Å². The van der Waals surface area contributed by atoms with Crippen LogP contribution in [0, 0.1) is 17.7 Å². The van der Waals surface area contributed by atoms with Crippen LogP contribution in [0.5, 0.6) is 17.2 Å². The minimum atomic E-state index is -1.06. The molecular formula is C38H31FO9. The Balaban J connectivity index is 1.89. The molecule has 10 heteroatoms. The van der Waals surface area contributed by atoms with Crippen molar-refractivity contribution in [1.29, 1.82) is 0 Å². The smallest absolute Gasteiger partial charge is 0.335 e. The molecule has 0 radical (unpaired) electrons. The van der Waals surface area contributed by atoms with E-state index >= 15 is 4.39 Å². The van der Waals surface area contributed by atoms with Gasteiger partial charge in [-0.2, -0.15) is 0 Å². The first-order chi connectivity index (χ1) is 23.2. The first-order valence-corrected chi connectivity index (χ1v) is 14.3. The maximum Gasteiger partial charge on any atom is 0.335 e. The highest BCUT2D eigenvalue weighted by Gasteiger charge is 2.22. The van der Waals surface area contributed by atoms with Crippen molar-refractivity contribution in [3.8, 4) is 29.1 Å². The number of aryl methyl sites for hydroxylation is 1. The molecule has 0 unspecified atom stereocenters. The maximum atomic E-state index is 16.0. The number of benzene rings is 3. The number of carbonyl (C=O) groups excluding carboxylic acids is 4. The van der Waals surface area contributed by atoms with Crippen LogP contribution < -0.4 is 14.2 Å². The van der Waals surface area contributed by atoms with E-state index < -0.39 is 35.4 Å². The Morgan fingerprint density at radius 1 is 0.750 bits per heavy atom. The Hall–Kier alpha value is -6.47. The van der Waals surface area contributed by atoms with Gasteiger partial charge < -0.3 is 23.7 Å². The average molecular weight is 651 g/mol. The third-order valence-electron chi connectivity index (χ3n) is 6.15. The largest absolute Gasteiger partial charge is 0.496 e. The summed E-state index contributed by atoms with van der Waals surface area (Å²) in [7, 11) is 0. The van der Waals surface area contributed by atoms with E-state index in [0.29, 0.717) is 24.0 Å². The van der Waals surface area contributed by atoms with E-state index in [1.54, 1.807) is 36.4 Å². The van der Waals surface area contributed by atoms with Gasteiger partial charge in [0.25, 0.3) is 0 Å². The minimum Gasteiger partial charge on any atom is -0.496 e. The molecule has 244 valence electrons. The molecule has 0 aromatic heterocycles. The van der Waals surface area contributed by atoms with Gasteiger partial charge in [-0.25, -0.2) is 23.6 Å². The fraction of sp³-hybridized carbons (Fsp3) is 0.105. The fourth-order valence-corrected chi connectivity index (χ4v) is 3.87. The molecule has 0 aliphatic carbocycles. The van der Waals surface area contributed by atoms with Crippen LogP contribution in [0.1, 0.15) is 34.2 Å². The molecule has 0 spiro atoms. The van der Waals surface area contributed by atoms with Crippen molar-refractivity contribution < 1.29 is 47.3 Å². The molecule has 3 rings (SSSR count). The van der Waals surface area contributed by atoms with Crippen LogP contribution in [-0.2, 0) is 41.7 Å². The predicted molar refractivity (Wildman–Crippen MR) is 176 cm³/mol. The number of hydrogen-bond acceptors (Lipinski definition) is 9. The third-order valence-corrected chi connectivity index (χ3v) is 6.15. The molecule has 0 amide bonds. The topological polar surface area (TPSA) is 114 Å². The molecule has 3 aromatic rings. The molecule has 0 saturated carbocycles. The molecule has 48 heavy (non-hydrogen) atoms. The number of halogens is 1. The van der Waals surface area contributed by atoms with Crippen LogP contribution in [0.3, 0.4) is 0 Å². The van der Waals surface area contributed by atoms with Gasteiger partial charge in [-0.05, 0) is 54.3 Å². The quantitative estimate of drug-likeness (QED) is 0.0464. The Labute approximate surface area is 277 Å². The highest BCUT2D eigenvalue weighted by atomic mass is 19.1. The predicted octanol–water partition coefficient (Wildman–Crippen LogP) is 6.35. The molecule has 0 N–H and O–H groups in total. The van der Waals surface area contributed by atoms with Gasteiger partial charge in [0.05, 0.1) is 24.0 Å². The van der Waals surface area contributed by atoms with Gasteiger partial charge in [-0.15, -0.1) is 0 Å². The number of carbonyl (C=O) groups is 4. The van der Waals surface area contributed by atoms with Gasteiger partial charge in [-0.3, -0.25) is 0 Å². The zero-order valence-electron chi connectivity index (χ0n) is 25.9. The SMILES string of the molecule is C=CC(=O)OCCCc1ccc(C#Cc2cc(OC(=O)C=C)c(/C=C/OCc3cccc(OC(=O)C=C)c3)c(F)c2OC(=O)C=C)cc1. The van der Waals surface area contributed by atoms with Crippen molar-refractivity contribution >= 4 is 30.0 Å². The van der Waals surface area contributed by atoms with E-state index in [2.05, 4.69) is 38.2 Å². The first kappa shape index (κ1) is 36.0. The van der Waals surface area contributed by atoms with E-state index in [-0.39, 0.29) is 35.8 Å². The van der Waals surface area contributed by atoms with Crippen molar-refractivity contribution in [2.75, 3.05) is 6.61 Å².